The topological polar surface area (TPSA) is 65.2 Å². The Balaban J connectivity index is 1.88. The molecule has 1 aromatic carbocycles. The molecule has 0 bridgehead atoms. The van der Waals surface area contributed by atoms with Crippen molar-refractivity contribution in [3.63, 3.8) is 0 Å². The van der Waals surface area contributed by atoms with Gasteiger partial charge in [-0.05, 0) is 41.5 Å². The van der Waals surface area contributed by atoms with E-state index in [4.69, 9.17) is 10.5 Å². The number of hydrogen-bond donors (Lipinski definition) is 1. The Bertz CT molecular complexity index is 779. The van der Waals surface area contributed by atoms with Crippen molar-refractivity contribution in [3.05, 3.63) is 53.3 Å². The third-order valence-electron chi connectivity index (χ3n) is 4.79. The van der Waals surface area contributed by atoms with Gasteiger partial charge in [-0.15, -0.1) is 0 Å². The van der Waals surface area contributed by atoms with Crippen molar-refractivity contribution in [2.75, 3.05) is 0 Å². The lowest BCUT2D eigenvalue weighted by atomic mass is 9.87. The van der Waals surface area contributed by atoms with Gasteiger partial charge in [0, 0.05) is 22.9 Å². The molecule has 0 saturated carbocycles. The largest absolute Gasteiger partial charge is 0.441 e. The SMILES string of the molecule is CC(C)Cc1ccc(-c2ccc3c(c2)CC(C)(C)C3OC(N)=O)cn1. The molecule has 25 heavy (non-hydrogen) atoms. The highest BCUT2D eigenvalue weighted by atomic mass is 16.6. The normalized spacial score (nSPS) is 18.2. The number of fused-ring (bicyclic) bond motifs is 1. The molecule has 0 radical (unpaired) electrons. The second-order valence-electron chi connectivity index (χ2n) is 8.03. The number of primary amides is 1. The van der Waals surface area contributed by atoms with E-state index in [0.29, 0.717) is 5.92 Å². The van der Waals surface area contributed by atoms with Crippen molar-refractivity contribution in [2.24, 2.45) is 17.1 Å². The summed E-state index contributed by atoms with van der Waals surface area (Å²) < 4.78 is 5.38. The van der Waals surface area contributed by atoms with Crippen LogP contribution >= 0.6 is 0 Å². The summed E-state index contributed by atoms with van der Waals surface area (Å²) in [4.78, 5) is 15.8. The standard InChI is InChI=1S/C21H26N2O2/c1-13(2)9-17-7-5-15(12-23-17)14-6-8-18-16(10-14)11-21(3,4)19(18)25-20(22)24/h5-8,10,12-13,19H,9,11H2,1-4H3,(H2,22,24). The summed E-state index contributed by atoms with van der Waals surface area (Å²) in [6.07, 6.45) is 2.77. The van der Waals surface area contributed by atoms with Crippen LogP contribution in [0, 0.1) is 11.3 Å². The summed E-state index contributed by atoms with van der Waals surface area (Å²) in [5.41, 5.74) is 10.7. The third-order valence-corrected chi connectivity index (χ3v) is 4.79. The van der Waals surface area contributed by atoms with Crippen LogP contribution in [0.15, 0.2) is 36.5 Å². The molecule has 1 amide bonds. The minimum atomic E-state index is -0.722. The highest BCUT2D eigenvalue weighted by molar-refractivity contribution is 5.67. The molecule has 0 aliphatic heterocycles. The second-order valence-corrected chi connectivity index (χ2v) is 8.03. The highest BCUT2D eigenvalue weighted by Crippen LogP contribution is 2.48. The van der Waals surface area contributed by atoms with Crippen LogP contribution in [0.4, 0.5) is 4.79 Å². The van der Waals surface area contributed by atoms with E-state index in [9.17, 15) is 4.79 Å². The number of aromatic nitrogens is 1. The van der Waals surface area contributed by atoms with Crippen LogP contribution in [0.25, 0.3) is 11.1 Å². The van der Waals surface area contributed by atoms with E-state index in [-0.39, 0.29) is 11.5 Å². The molecule has 1 atom stereocenters. The number of hydrogen-bond acceptors (Lipinski definition) is 3. The van der Waals surface area contributed by atoms with Gasteiger partial charge < -0.3 is 10.5 Å². The second kappa shape index (κ2) is 6.51. The number of pyridine rings is 1. The van der Waals surface area contributed by atoms with Gasteiger partial charge in [-0.1, -0.05) is 52.0 Å². The zero-order valence-electron chi connectivity index (χ0n) is 15.4. The Hall–Kier alpha value is -2.36. The molecular weight excluding hydrogens is 312 g/mol. The average Bonchev–Trinajstić information content (AvgIpc) is 2.76. The maximum atomic E-state index is 11.2. The molecule has 3 rings (SSSR count). The Morgan fingerprint density at radius 2 is 2.00 bits per heavy atom. The lowest BCUT2D eigenvalue weighted by Gasteiger charge is -2.26. The number of carbonyl (C=O) groups excluding carboxylic acids is 1. The average molecular weight is 338 g/mol. The predicted octanol–water partition coefficient (Wildman–Crippen LogP) is 4.67. The summed E-state index contributed by atoms with van der Waals surface area (Å²) in [5.74, 6) is 0.600. The molecule has 2 N–H and O–H groups in total. The van der Waals surface area contributed by atoms with Gasteiger partial charge in [0.15, 0.2) is 0 Å². The van der Waals surface area contributed by atoms with Crippen LogP contribution in [-0.2, 0) is 17.6 Å². The van der Waals surface area contributed by atoms with E-state index in [1.54, 1.807) is 0 Å². The summed E-state index contributed by atoms with van der Waals surface area (Å²) in [5, 5.41) is 0. The molecule has 0 fully saturated rings. The Morgan fingerprint density at radius 3 is 2.60 bits per heavy atom. The number of amides is 1. The van der Waals surface area contributed by atoms with Crippen LogP contribution in [0.1, 0.15) is 50.6 Å². The zero-order chi connectivity index (χ0) is 18.2. The van der Waals surface area contributed by atoms with Crippen LogP contribution in [-0.4, -0.2) is 11.1 Å². The fraction of sp³-hybridized carbons (Fsp3) is 0.429. The lowest BCUT2D eigenvalue weighted by Crippen LogP contribution is -2.25. The molecule has 4 nitrogen and oxygen atoms in total. The summed E-state index contributed by atoms with van der Waals surface area (Å²) in [6.45, 7) is 8.59. The number of ether oxygens (including phenoxy) is 1. The van der Waals surface area contributed by atoms with E-state index in [1.807, 2.05) is 6.20 Å². The van der Waals surface area contributed by atoms with E-state index in [0.717, 1.165) is 35.2 Å². The van der Waals surface area contributed by atoms with Crippen molar-refractivity contribution in [2.45, 2.75) is 46.6 Å². The zero-order valence-corrected chi connectivity index (χ0v) is 15.4. The molecule has 0 spiro atoms. The van der Waals surface area contributed by atoms with Crippen LogP contribution in [0.2, 0.25) is 0 Å². The number of rotatable bonds is 4. The van der Waals surface area contributed by atoms with Gasteiger partial charge in [0.1, 0.15) is 6.10 Å². The molecule has 1 aliphatic carbocycles. The fourth-order valence-electron chi connectivity index (χ4n) is 3.67. The third kappa shape index (κ3) is 3.68. The molecule has 2 aromatic rings. The van der Waals surface area contributed by atoms with E-state index < -0.39 is 6.09 Å². The van der Waals surface area contributed by atoms with Crippen LogP contribution in [0.3, 0.4) is 0 Å². The van der Waals surface area contributed by atoms with Crippen molar-refractivity contribution < 1.29 is 9.53 Å². The first kappa shape index (κ1) is 17.5. The maximum Gasteiger partial charge on any atom is 0.405 e. The van der Waals surface area contributed by atoms with Crippen LogP contribution < -0.4 is 5.73 Å². The smallest absolute Gasteiger partial charge is 0.405 e. The van der Waals surface area contributed by atoms with Crippen molar-refractivity contribution >= 4 is 6.09 Å². The first-order valence-corrected chi connectivity index (χ1v) is 8.80. The Labute approximate surface area is 149 Å². The van der Waals surface area contributed by atoms with Crippen molar-refractivity contribution in [3.8, 4) is 11.1 Å². The van der Waals surface area contributed by atoms with Gasteiger partial charge in [0.25, 0.3) is 0 Å². The summed E-state index contributed by atoms with van der Waals surface area (Å²) in [6, 6.07) is 10.5. The van der Waals surface area contributed by atoms with Crippen molar-refractivity contribution in [1.82, 2.24) is 4.98 Å². The first-order chi connectivity index (χ1) is 11.8. The van der Waals surface area contributed by atoms with Gasteiger partial charge >= 0.3 is 6.09 Å². The molecule has 1 aliphatic rings. The highest BCUT2D eigenvalue weighted by Gasteiger charge is 2.41. The van der Waals surface area contributed by atoms with Gasteiger partial charge in [-0.2, -0.15) is 0 Å². The van der Waals surface area contributed by atoms with Gasteiger partial charge in [0.05, 0.1) is 0 Å². The first-order valence-electron chi connectivity index (χ1n) is 8.80. The fourth-order valence-corrected chi connectivity index (χ4v) is 3.67. The molecule has 1 unspecified atom stereocenters. The van der Waals surface area contributed by atoms with E-state index in [2.05, 4.69) is 63.0 Å². The van der Waals surface area contributed by atoms with E-state index in [1.165, 1.54) is 5.56 Å². The maximum absolute atomic E-state index is 11.2. The Morgan fingerprint density at radius 1 is 1.28 bits per heavy atom. The number of nitrogens with zero attached hydrogens (tertiary/aromatic N) is 1. The number of benzene rings is 1. The molecule has 0 saturated heterocycles. The minimum absolute atomic E-state index is 0.157. The molecule has 1 aromatic heterocycles. The summed E-state index contributed by atoms with van der Waals surface area (Å²) >= 11 is 0. The monoisotopic (exact) mass is 338 g/mol. The lowest BCUT2D eigenvalue weighted by molar-refractivity contribution is 0.0392. The van der Waals surface area contributed by atoms with E-state index >= 15 is 0 Å². The van der Waals surface area contributed by atoms with Gasteiger partial charge in [-0.3, -0.25) is 4.98 Å². The summed E-state index contributed by atoms with van der Waals surface area (Å²) in [7, 11) is 0. The van der Waals surface area contributed by atoms with Crippen molar-refractivity contribution in [1.29, 1.82) is 0 Å². The van der Waals surface area contributed by atoms with Crippen LogP contribution in [0.5, 0.6) is 0 Å². The van der Waals surface area contributed by atoms with Gasteiger partial charge in [-0.25, -0.2) is 4.79 Å². The molecule has 4 heteroatoms. The predicted molar refractivity (Wildman–Crippen MR) is 99.1 cm³/mol. The minimum Gasteiger partial charge on any atom is -0.441 e. The van der Waals surface area contributed by atoms with Gasteiger partial charge in [0.2, 0.25) is 0 Å². The quantitative estimate of drug-likeness (QED) is 0.881. The molecular formula is C21H26N2O2. The molecule has 1 heterocycles. The molecule has 132 valence electrons. The Kier molecular flexibility index (Phi) is 4.55. The number of carbonyl (C=O) groups is 1. The number of nitrogens with two attached hydrogens (primary N) is 1.